The number of benzene rings is 2. The van der Waals surface area contributed by atoms with Gasteiger partial charge in [-0.05, 0) is 24.3 Å². The molecule has 150 valence electrons. The van der Waals surface area contributed by atoms with Crippen molar-refractivity contribution in [2.45, 2.75) is 37.0 Å². The number of ether oxygens (including phenoxy) is 4. The molecule has 0 bridgehead atoms. The molecule has 2 aromatic rings. The number of aliphatic hydroxyl groups is 2. The summed E-state index contributed by atoms with van der Waals surface area (Å²) in [7, 11) is 0. The zero-order valence-electron chi connectivity index (χ0n) is 14.9. The van der Waals surface area contributed by atoms with E-state index in [0.717, 1.165) is 5.56 Å². The SMILES string of the molecule is OC[C@H]1OC(c2ccc(O)cc2)O[C@@H]1[C@@H](O)[C@@H]1COC(c2ccc(O)cc2)O1. The maximum absolute atomic E-state index is 10.8. The van der Waals surface area contributed by atoms with Gasteiger partial charge in [-0.25, -0.2) is 0 Å². The molecule has 0 saturated carbocycles. The van der Waals surface area contributed by atoms with Crippen molar-refractivity contribution in [1.29, 1.82) is 0 Å². The van der Waals surface area contributed by atoms with Crippen LogP contribution in [0.4, 0.5) is 0 Å². The average Bonchev–Trinajstić information content (AvgIpc) is 3.36. The van der Waals surface area contributed by atoms with Gasteiger partial charge in [0.15, 0.2) is 12.6 Å². The van der Waals surface area contributed by atoms with E-state index in [1.54, 1.807) is 24.3 Å². The number of rotatable bonds is 5. The molecule has 8 heteroatoms. The summed E-state index contributed by atoms with van der Waals surface area (Å²) in [6.45, 7) is -0.181. The van der Waals surface area contributed by atoms with Crippen molar-refractivity contribution in [2.24, 2.45) is 0 Å². The van der Waals surface area contributed by atoms with Crippen molar-refractivity contribution in [2.75, 3.05) is 13.2 Å². The van der Waals surface area contributed by atoms with Gasteiger partial charge in [0.25, 0.3) is 0 Å². The van der Waals surface area contributed by atoms with E-state index in [0.29, 0.717) is 5.56 Å². The van der Waals surface area contributed by atoms with Gasteiger partial charge in [0.2, 0.25) is 0 Å². The maximum atomic E-state index is 10.8. The summed E-state index contributed by atoms with van der Waals surface area (Å²) in [4.78, 5) is 0. The van der Waals surface area contributed by atoms with E-state index in [1.165, 1.54) is 24.3 Å². The van der Waals surface area contributed by atoms with E-state index in [9.17, 15) is 20.4 Å². The number of aliphatic hydroxyl groups excluding tert-OH is 2. The highest BCUT2D eigenvalue weighted by Gasteiger charge is 2.46. The Morgan fingerprint density at radius 3 is 1.96 bits per heavy atom. The zero-order valence-corrected chi connectivity index (χ0v) is 14.9. The Kier molecular flexibility index (Phi) is 5.49. The predicted octanol–water partition coefficient (Wildman–Crippen LogP) is 1.35. The summed E-state index contributed by atoms with van der Waals surface area (Å²) in [5.74, 6) is 0.259. The molecule has 0 amide bonds. The Hall–Kier alpha value is -2.20. The molecule has 0 radical (unpaired) electrons. The molecule has 0 aromatic heterocycles. The van der Waals surface area contributed by atoms with Crippen LogP contribution in [0.2, 0.25) is 0 Å². The highest BCUT2D eigenvalue weighted by atomic mass is 16.8. The van der Waals surface area contributed by atoms with Crippen LogP contribution in [0.25, 0.3) is 0 Å². The summed E-state index contributed by atoms with van der Waals surface area (Å²) in [6.07, 6.45) is -4.72. The van der Waals surface area contributed by atoms with Gasteiger partial charge in [0.05, 0.1) is 13.2 Å². The van der Waals surface area contributed by atoms with Gasteiger partial charge < -0.3 is 39.4 Å². The quantitative estimate of drug-likeness (QED) is 0.604. The first-order chi connectivity index (χ1) is 13.5. The minimum absolute atomic E-state index is 0.119. The smallest absolute Gasteiger partial charge is 0.184 e. The standard InChI is InChI=1S/C20H22O8/c21-9-15-18(28-20(26-15)12-3-7-14(23)8-4-12)17(24)16-10-25-19(27-16)11-1-5-13(22)6-2-11/h1-8,15-24H,9-10H2/t15-,16+,17+,18+,19?,20?/m1/s1. The van der Waals surface area contributed by atoms with Crippen LogP contribution in [0.1, 0.15) is 23.7 Å². The van der Waals surface area contributed by atoms with E-state index in [4.69, 9.17) is 18.9 Å². The molecule has 2 saturated heterocycles. The summed E-state index contributed by atoms with van der Waals surface area (Å²) in [5.41, 5.74) is 1.38. The lowest BCUT2D eigenvalue weighted by Gasteiger charge is -2.24. The van der Waals surface area contributed by atoms with Crippen LogP contribution < -0.4 is 0 Å². The molecular weight excluding hydrogens is 368 g/mol. The van der Waals surface area contributed by atoms with Gasteiger partial charge in [-0.3, -0.25) is 0 Å². The molecular formula is C20H22O8. The minimum Gasteiger partial charge on any atom is -0.508 e. The Morgan fingerprint density at radius 2 is 1.39 bits per heavy atom. The van der Waals surface area contributed by atoms with Crippen molar-refractivity contribution in [1.82, 2.24) is 0 Å². The molecule has 2 heterocycles. The molecule has 28 heavy (non-hydrogen) atoms. The maximum Gasteiger partial charge on any atom is 0.184 e. The first kappa shape index (κ1) is 19.1. The summed E-state index contributed by atoms with van der Waals surface area (Å²) in [5, 5.41) is 39.2. The Labute approximate surface area is 161 Å². The molecule has 0 aliphatic carbocycles. The van der Waals surface area contributed by atoms with Crippen molar-refractivity contribution < 1.29 is 39.4 Å². The molecule has 2 aliphatic rings. The topological polar surface area (TPSA) is 118 Å². The number of aromatic hydroxyl groups is 2. The lowest BCUT2D eigenvalue weighted by Crippen LogP contribution is -2.45. The van der Waals surface area contributed by atoms with Crippen LogP contribution in [-0.4, -0.2) is 58.1 Å². The summed E-state index contributed by atoms with van der Waals surface area (Å²) < 4.78 is 23.0. The van der Waals surface area contributed by atoms with Gasteiger partial charge >= 0.3 is 0 Å². The highest BCUT2D eigenvalue weighted by Crippen LogP contribution is 2.37. The summed E-state index contributed by atoms with van der Waals surface area (Å²) >= 11 is 0. The van der Waals surface area contributed by atoms with Crippen molar-refractivity contribution >= 4 is 0 Å². The van der Waals surface area contributed by atoms with Crippen molar-refractivity contribution in [3.8, 4) is 11.5 Å². The van der Waals surface area contributed by atoms with Crippen molar-refractivity contribution in [3.05, 3.63) is 59.7 Å². The molecule has 2 aliphatic heterocycles. The van der Waals surface area contributed by atoms with Crippen LogP contribution in [0, 0.1) is 0 Å². The average molecular weight is 390 g/mol. The fourth-order valence-corrected chi connectivity index (χ4v) is 3.35. The van der Waals surface area contributed by atoms with E-state index in [-0.39, 0.29) is 24.7 Å². The van der Waals surface area contributed by atoms with Crippen LogP contribution in [-0.2, 0) is 18.9 Å². The lowest BCUT2D eigenvalue weighted by molar-refractivity contribution is -0.125. The fourth-order valence-electron chi connectivity index (χ4n) is 3.35. The second kappa shape index (κ2) is 8.04. The molecule has 4 N–H and O–H groups in total. The van der Waals surface area contributed by atoms with E-state index in [2.05, 4.69) is 0 Å². The normalized spacial score (nSPS) is 31.1. The largest absolute Gasteiger partial charge is 0.508 e. The molecule has 4 rings (SSSR count). The van der Waals surface area contributed by atoms with E-state index < -0.39 is 37.0 Å². The Bertz CT molecular complexity index is 778. The van der Waals surface area contributed by atoms with Gasteiger partial charge in [0, 0.05) is 11.1 Å². The molecule has 2 fully saturated rings. The van der Waals surface area contributed by atoms with Crippen LogP contribution in [0.3, 0.4) is 0 Å². The number of hydrogen-bond donors (Lipinski definition) is 4. The summed E-state index contributed by atoms with van der Waals surface area (Å²) in [6, 6.07) is 12.8. The van der Waals surface area contributed by atoms with Gasteiger partial charge in [0.1, 0.15) is 35.9 Å². The van der Waals surface area contributed by atoms with E-state index >= 15 is 0 Å². The third-order valence-corrected chi connectivity index (χ3v) is 4.88. The molecule has 0 spiro atoms. The third-order valence-electron chi connectivity index (χ3n) is 4.88. The number of phenols is 2. The third kappa shape index (κ3) is 3.83. The number of phenolic OH excluding ortho intramolecular Hbond substituents is 2. The van der Waals surface area contributed by atoms with Crippen LogP contribution in [0.15, 0.2) is 48.5 Å². The zero-order chi connectivity index (χ0) is 19.7. The molecule has 6 atom stereocenters. The van der Waals surface area contributed by atoms with Gasteiger partial charge in [-0.2, -0.15) is 0 Å². The molecule has 2 aromatic carbocycles. The second-order valence-electron chi connectivity index (χ2n) is 6.80. The molecule has 8 nitrogen and oxygen atoms in total. The van der Waals surface area contributed by atoms with Crippen LogP contribution >= 0.6 is 0 Å². The lowest BCUT2D eigenvalue weighted by atomic mass is 10.0. The number of hydrogen-bond acceptors (Lipinski definition) is 8. The van der Waals surface area contributed by atoms with Crippen LogP contribution in [0.5, 0.6) is 11.5 Å². The Morgan fingerprint density at radius 1 is 0.821 bits per heavy atom. The fraction of sp³-hybridized carbons (Fsp3) is 0.400. The minimum atomic E-state index is -1.08. The Balaban J connectivity index is 1.42. The monoisotopic (exact) mass is 390 g/mol. The first-order valence-corrected chi connectivity index (χ1v) is 9.00. The van der Waals surface area contributed by atoms with E-state index in [1.807, 2.05) is 0 Å². The first-order valence-electron chi connectivity index (χ1n) is 9.00. The predicted molar refractivity (Wildman–Crippen MR) is 95.4 cm³/mol. The van der Waals surface area contributed by atoms with Gasteiger partial charge in [-0.15, -0.1) is 0 Å². The molecule has 2 unspecified atom stereocenters. The highest BCUT2D eigenvalue weighted by molar-refractivity contribution is 5.28. The van der Waals surface area contributed by atoms with Gasteiger partial charge in [-0.1, -0.05) is 24.3 Å². The second-order valence-corrected chi connectivity index (χ2v) is 6.80. The van der Waals surface area contributed by atoms with Crippen molar-refractivity contribution in [3.63, 3.8) is 0 Å².